The Morgan fingerprint density at radius 1 is 1.24 bits per heavy atom. The Morgan fingerprint density at radius 3 is 2.29 bits per heavy atom. The first-order valence-electron chi connectivity index (χ1n) is 7.10. The van der Waals surface area contributed by atoms with Crippen molar-refractivity contribution in [1.82, 2.24) is 4.72 Å². The van der Waals surface area contributed by atoms with Gasteiger partial charge in [0, 0.05) is 0 Å². The van der Waals surface area contributed by atoms with E-state index in [9.17, 15) is 18.3 Å². The highest BCUT2D eigenvalue weighted by Crippen LogP contribution is 2.48. The van der Waals surface area contributed by atoms with Gasteiger partial charge in [-0.3, -0.25) is 4.79 Å². The monoisotopic (exact) mass is 309 g/mol. The van der Waals surface area contributed by atoms with Crippen LogP contribution < -0.4 is 4.72 Å². The fourth-order valence-corrected chi connectivity index (χ4v) is 4.52. The molecule has 0 atom stereocenters. The number of rotatable bonds is 5. The second-order valence-corrected chi connectivity index (χ2v) is 8.66. The molecule has 0 saturated heterocycles. The number of carbonyl (C=O) groups is 1. The molecule has 6 heteroatoms. The molecule has 0 spiro atoms. The van der Waals surface area contributed by atoms with E-state index in [0.717, 1.165) is 5.56 Å². The van der Waals surface area contributed by atoms with Crippen molar-refractivity contribution < 1.29 is 18.3 Å². The number of hydrogen-bond donors (Lipinski definition) is 2. The lowest BCUT2D eigenvalue weighted by molar-refractivity contribution is -0.148. The van der Waals surface area contributed by atoms with Crippen LogP contribution in [-0.2, 0) is 14.8 Å². The molecular formula is C15H19NO4S. The van der Waals surface area contributed by atoms with E-state index >= 15 is 0 Å². The summed E-state index contributed by atoms with van der Waals surface area (Å²) >= 11 is 0. The summed E-state index contributed by atoms with van der Waals surface area (Å²) in [6, 6.07) is 9.63. The van der Waals surface area contributed by atoms with Crippen LogP contribution in [0.25, 0.3) is 0 Å². The lowest BCUT2D eigenvalue weighted by Gasteiger charge is -2.45. The van der Waals surface area contributed by atoms with Crippen LogP contribution in [0.1, 0.15) is 44.1 Å². The van der Waals surface area contributed by atoms with E-state index in [2.05, 4.69) is 4.72 Å². The van der Waals surface area contributed by atoms with Crippen LogP contribution in [0.2, 0.25) is 0 Å². The van der Waals surface area contributed by atoms with Gasteiger partial charge in [-0.2, -0.15) is 4.72 Å². The number of sulfonamides is 1. The molecule has 21 heavy (non-hydrogen) atoms. The van der Waals surface area contributed by atoms with Crippen LogP contribution in [0.15, 0.2) is 30.3 Å². The maximum Gasteiger partial charge on any atom is 0.324 e. The van der Waals surface area contributed by atoms with Gasteiger partial charge in [0.15, 0.2) is 0 Å². The number of aliphatic carboxylic acids is 1. The van der Waals surface area contributed by atoms with Crippen molar-refractivity contribution in [3.8, 4) is 0 Å². The van der Waals surface area contributed by atoms with Crippen LogP contribution in [0.4, 0.5) is 0 Å². The van der Waals surface area contributed by atoms with E-state index in [4.69, 9.17) is 0 Å². The van der Waals surface area contributed by atoms with E-state index in [1.165, 1.54) is 0 Å². The summed E-state index contributed by atoms with van der Waals surface area (Å²) in [5.41, 5.74) is -0.281. The molecule has 1 aromatic rings. The van der Waals surface area contributed by atoms with Crippen LogP contribution in [-0.4, -0.2) is 29.8 Å². The van der Waals surface area contributed by atoms with Gasteiger partial charge < -0.3 is 5.11 Å². The standard InChI is InChI=1S/C15H19NO4S/c1-14(7-8-14)21(19,20)16-15(13(17)18)9-12(10-15)11-5-3-2-4-6-11/h2-6,12,16H,7-10H2,1H3,(H,17,18). The lowest BCUT2D eigenvalue weighted by Crippen LogP contribution is -2.63. The summed E-state index contributed by atoms with van der Waals surface area (Å²) < 4.78 is 26.3. The van der Waals surface area contributed by atoms with Gasteiger partial charge in [0.2, 0.25) is 10.0 Å². The van der Waals surface area contributed by atoms with Gasteiger partial charge in [0.25, 0.3) is 0 Å². The second-order valence-electron chi connectivity index (χ2n) is 6.46. The first-order chi connectivity index (χ1) is 9.78. The maximum absolute atomic E-state index is 12.3. The van der Waals surface area contributed by atoms with Gasteiger partial charge in [-0.25, -0.2) is 8.42 Å². The Kier molecular flexibility index (Phi) is 3.15. The summed E-state index contributed by atoms with van der Waals surface area (Å²) in [6.07, 6.45) is 1.81. The average Bonchev–Trinajstić information content (AvgIpc) is 3.14. The summed E-state index contributed by atoms with van der Waals surface area (Å²) in [5.74, 6) is -0.987. The zero-order valence-corrected chi connectivity index (χ0v) is 12.7. The van der Waals surface area contributed by atoms with Gasteiger partial charge >= 0.3 is 5.97 Å². The normalized spacial score (nSPS) is 30.4. The fraction of sp³-hybridized carbons (Fsp3) is 0.533. The number of carboxylic acid groups (broad SMARTS) is 1. The Hall–Kier alpha value is -1.40. The number of benzene rings is 1. The molecule has 0 heterocycles. The number of carboxylic acids is 1. The maximum atomic E-state index is 12.3. The third-order valence-electron chi connectivity index (χ3n) is 4.80. The summed E-state index contributed by atoms with van der Waals surface area (Å²) in [5, 5.41) is 9.47. The Balaban J connectivity index is 1.77. The van der Waals surface area contributed by atoms with E-state index in [1.54, 1.807) is 6.92 Å². The zero-order valence-electron chi connectivity index (χ0n) is 11.9. The highest BCUT2D eigenvalue weighted by molar-refractivity contribution is 7.91. The van der Waals surface area contributed by atoms with Crippen molar-refractivity contribution in [3.63, 3.8) is 0 Å². The molecule has 2 aliphatic carbocycles. The molecule has 0 aliphatic heterocycles. The summed E-state index contributed by atoms with van der Waals surface area (Å²) in [4.78, 5) is 11.6. The highest BCUT2D eigenvalue weighted by Gasteiger charge is 2.58. The Labute approximate surface area is 124 Å². The topological polar surface area (TPSA) is 83.5 Å². The second kappa shape index (κ2) is 4.55. The minimum Gasteiger partial charge on any atom is -0.480 e. The molecule has 2 fully saturated rings. The van der Waals surface area contributed by atoms with Crippen LogP contribution in [0.3, 0.4) is 0 Å². The minimum atomic E-state index is -3.59. The van der Waals surface area contributed by atoms with Gasteiger partial charge in [-0.05, 0) is 44.1 Å². The van der Waals surface area contributed by atoms with Crippen LogP contribution in [0, 0.1) is 0 Å². The van der Waals surface area contributed by atoms with Crippen molar-refractivity contribution in [2.24, 2.45) is 0 Å². The molecule has 0 aromatic heterocycles. The Morgan fingerprint density at radius 2 is 1.81 bits per heavy atom. The smallest absolute Gasteiger partial charge is 0.324 e. The predicted octanol–water partition coefficient (Wildman–Crippen LogP) is 1.86. The quantitative estimate of drug-likeness (QED) is 0.869. The van der Waals surface area contributed by atoms with Crippen molar-refractivity contribution >= 4 is 16.0 Å². The van der Waals surface area contributed by atoms with E-state index in [0.29, 0.717) is 25.7 Å². The first kappa shape index (κ1) is 14.5. The lowest BCUT2D eigenvalue weighted by atomic mass is 9.66. The molecule has 0 bridgehead atoms. The molecule has 2 saturated carbocycles. The SMILES string of the molecule is CC1(S(=O)(=O)NC2(C(=O)O)CC(c3ccccc3)C2)CC1. The largest absolute Gasteiger partial charge is 0.480 e. The van der Waals surface area contributed by atoms with Crippen molar-refractivity contribution in [1.29, 1.82) is 0 Å². The third kappa shape index (κ3) is 2.36. The number of nitrogens with one attached hydrogen (secondary N) is 1. The third-order valence-corrected chi connectivity index (χ3v) is 7.17. The molecule has 1 aromatic carbocycles. The van der Waals surface area contributed by atoms with Gasteiger partial charge in [0.1, 0.15) is 5.54 Å². The minimum absolute atomic E-state index is 0.0945. The molecule has 0 radical (unpaired) electrons. The molecule has 114 valence electrons. The first-order valence-corrected chi connectivity index (χ1v) is 8.58. The Bertz CT molecular complexity index is 658. The van der Waals surface area contributed by atoms with Crippen molar-refractivity contribution in [2.75, 3.05) is 0 Å². The molecule has 3 rings (SSSR count). The molecule has 2 aliphatic rings. The van der Waals surface area contributed by atoms with Gasteiger partial charge in [0.05, 0.1) is 4.75 Å². The molecule has 5 nitrogen and oxygen atoms in total. The van der Waals surface area contributed by atoms with Crippen LogP contribution in [0.5, 0.6) is 0 Å². The molecule has 0 amide bonds. The number of hydrogen-bond acceptors (Lipinski definition) is 3. The van der Waals surface area contributed by atoms with Gasteiger partial charge in [-0.15, -0.1) is 0 Å². The molecule has 0 unspecified atom stereocenters. The van der Waals surface area contributed by atoms with Crippen molar-refractivity contribution in [3.05, 3.63) is 35.9 Å². The highest BCUT2D eigenvalue weighted by atomic mass is 32.2. The summed E-state index contributed by atoms with van der Waals surface area (Å²) in [7, 11) is -3.59. The fourth-order valence-electron chi connectivity index (χ4n) is 2.87. The van der Waals surface area contributed by atoms with Crippen LogP contribution >= 0.6 is 0 Å². The molecular weight excluding hydrogens is 290 g/mol. The average molecular weight is 309 g/mol. The van der Waals surface area contributed by atoms with E-state index in [-0.39, 0.29) is 5.92 Å². The zero-order chi connectivity index (χ0) is 15.3. The summed E-state index contributed by atoms with van der Waals surface area (Å²) in [6.45, 7) is 1.66. The van der Waals surface area contributed by atoms with Crippen molar-refractivity contribution in [2.45, 2.75) is 48.8 Å². The molecule has 2 N–H and O–H groups in total. The predicted molar refractivity (Wildman–Crippen MR) is 78.5 cm³/mol. The van der Waals surface area contributed by atoms with E-state index < -0.39 is 26.3 Å². The van der Waals surface area contributed by atoms with Gasteiger partial charge in [-0.1, -0.05) is 30.3 Å². The van der Waals surface area contributed by atoms with E-state index in [1.807, 2.05) is 30.3 Å².